The Labute approximate surface area is 241 Å². The molecule has 3 aromatic rings. The van der Waals surface area contributed by atoms with E-state index in [2.05, 4.69) is 10.6 Å². The third-order valence-electron chi connectivity index (χ3n) is 7.33. The monoisotopic (exact) mass is 559 g/mol. The normalized spacial score (nSPS) is 18.6. The fourth-order valence-electron chi connectivity index (χ4n) is 5.31. The highest BCUT2D eigenvalue weighted by molar-refractivity contribution is 5.80. The van der Waals surface area contributed by atoms with Crippen LogP contribution in [-0.2, 0) is 28.8 Å². The smallest absolute Gasteiger partial charge is 0.407 e. The Morgan fingerprint density at radius 1 is 0.951 bits per heavy atom. The van der Waals surface area contributed by atoms with Crippen LogP contribution in [0.2, 0.25) is 0 Å². The van der Waals surface area contributed by atoms with Gasteiger partial charge in [-0.15, -0.1) is 0 Å². The number of hydrogen-bond donors (Lipinski definition) is 5. The Hall–Kier alpha value is -3.88. The summed E-state index contributed by atoms with van der Waals surface area (Å²) in [6, 6.07) is 23.3. The molecule has 8 heteroatoms. The number of aliphatic hydroxyl groups excluding tert-OH is 2. The molecule has 0 saturated heterocycles. The highest BCUT2D eigenvalue weighted by Crippen LogP contribution is 2.32. The molecule has 2 amide bonds. The van der Waals surface area contributed by atoms with Gasteiger partial charge in [-0.1, -0.05) is 66.7 Å². The van der Waals surface area contributed by atoms with Gasteiger partial charge in [-0.25, -0.2) is 4.79 Å². The number of carbonyl (C=O) groups is 2. The third-order valence-corrected chi connectivity index (χ3v) is 7.33. The summed E-state index contributed by atoms with van der Waals surface area (Å²) in [5.41, 5.74) is 9.50. The van der Waals surface area contributed by atoms with Gasteiger partial charge in [0.05, 0.1) is 24.3 Å². The Bertz CT molecular complexity index is 1310. The van der Waals surface area contributed by atoms with E-state index in [1.165, 1.54) is 0 Å². The summed E-state index contributed by atoms with van der Waals surface area (Å²) in [6.07, 6.45) is -1.20. The van der Waals surface area contributed by atoms with Gasteiger partial charge in [0.25, 0.3) is 0 Å². The molecule has 0 radical (unpaired) electrons. The number of rotatable bonds is 10. The Morgan fingerprint density at radius 2 is 1.59 bits per heavy atom. The summed E-state index contributed by atoms with van der Waals surface area (Å²) in [6.45, 7) is 5.33. The van der Waals surface area contributed by atoms with E-state index in [4.69, 9.17) is 10.5 Å². The number of anilines is 1. The van der Waals surface area contributed by atoms with Crippen LogP contribution in [0.4, 0.5) is 10.5 Å². The number of hydrogen-bond acceptors (Lipinski definition) is 6. The van der Waals surface area contributed by atoms with Crippen molar-refractivity contribution in [1.82, 2.24) is 10.6 Å². The van der Waals surface area contributed by atoms with Crippen molar-refractivity contribution in [3.63, 3.8) is 0 Å². The fourth-order valence-corrected chi connectivity index (χ4v) is 5.31. The van der Waals surface area contributed by atoms with Crippen molar-refractivity contribution in [3.05, 3.63) is 101 Å². The summed E-state index contributed by atoms with van der Waals surface area (Å²) < 4.78 is 5.47. The molecule has 6 N–H and O–H groups in total. The van der Waals surface area contributed by atoms with Crippen LogP contribution in [0.3, 0.4) is 0 Å². The molecule has 0 heterocycles. The predicted octanol–water partition coefficient (Wildman–Crippen LogP) is 4.09. The van der Waals surface area contributed by atoms with Crippen LogP contribution in [0.1, 0.15) is 55.5 Å². The lowest BCUT2D eigenvalue weighted by molar-refractivity contribution is -0.127. The molecule has 0 aliphatic heterocycles. The van der Waals surface area contributed by atoms with Crippen molar-refractivity contribution in [2.75, 3.05) is 5.73 Å². The fraction of sp³-hybridized carbons (Fsp3) is 0.394. The van der Waals surface area contributed by atoms with E-state index in [9.17, 15) is 19.8 Å². The first-order valence-electron chi connectivity index (χ1n) is 14.1. The maximum absolute atomic E-state index is 13.8. The van der Waals surface area contributed by atoms with E-state index in [0.717, 1.165) is 22.3 Å². The summed E-state index contributed by atoms with van der Waals surface area (Å²) in [5.74, 6) is -0.926. The number of ether oxygens (including phenoxy) is 1. The molecular weight excluding hydrogens is 518 g/mol. The van der Waals surface area contributed by atoms with Gasteiger partial charge in [-0.3, -0.25) is 4.79 Å². The zero-order valence-corrected chi connectivity index (χ0v) is 23.9. The molecule has 0 fully saturated rings. The number of aliphatic hydroxyl groups is 2. The van der Waals surface area contributed by atoms with Crippen molar-refractivity contribution in [2.45, 2.75) is 76.3 Å². The van der Waals surface area contributed by atoms with Crippen LogP contribution in [0.5, 0.6) is 0 Å². The molecule has 1 aliphatic rings. The van der Waals surface area contributed by atoms with E-state index in [1.807, 2.05) is 66.7 Å². The van der Waals surface area contributed by atoms with E-state index >= 15 is 0 Å². The van der Waals surface area contributed by atoms with Crippen LogP contribution in [0.15, 0.2) is 78.9 Å². The minimum absolute atomic E-state index is 0.0774. The number of carbonyl (C=O) groups excluding carboxylic acids is 2. The van der Waals surface area contributed by atoms with Gasteiger partial charge in [0.1, 0.15) is 5.60 Å². The number of amides is 2. The number of nitrogen functional groups attached to an aromatic ring is 1. The first kappa shape index (κ1) is 30.1. The van der Waals surface area contributed by atoms with Gasteiger partial charge in [0.15, 0.2) is 0 Å². The number of nitrogens with one attached hydrogen (secondary N) is 2. The highest BCUT2D eigenvalue weighted by Gasteiger charge is 2.35. The van der Waals surface area contributed by atoms with E-state index in [0.29, 0.717) is 24.9 Å². The lowest BCUT2D eigenvalue weighted by Crippen LogP contribution is -2.48. The quantitative estimate of drug-likeness (QED) is 0.238. The predicted molar refractivity (Wildman–Crippen MR) is 159 cm³/mol. The molecule has 0 saturated carbocycles. The summed E-state index contributed by atoms with van der Waals surface area (Å²) in [7, 11) is 0. The second-order valence-corrected chi connectivity index (χ2v) is 11.8. The minimum Gasteiger partial charge on any atom is -0.444 e. The van der Waals surface area contributed by atoms with Gasteiger partial charge in [0, 0.05) is 18.0 Å². The second-order valence-electron chi connectivity index (χ2n) is 11.8. The average molecular weight is 560 g/mol. The number of alkyl carbamates (subject to hydrolysis) is 1. The van der Waals surface area contributed by atoms with Crippen molar-refractivity contribution < 1.29 is 24.5 Å². The maximum atomic E-state index is 13.8. The molecule has 41 heavy (non-hydrogen) atoms. The molecule has 0 aromatic heterocycles. The van der Waals surface area contributed by atoms with Crippen LogP contribution in [-0.4, -0.2) is 46.1 Å². The van der Waals surface area contributed by atoms with Crippen molar-refractivity contribution in [2.24, 2.45) is 5.92 Å². The Morgan fingerprint density at radius 3 is 2.27 bits per heavy atom. The van der Waals surface area contributed by atoms with Gasteiger partial charge in [-0.2, -0.15) is 0 Å². The molecule has 3 aromatic carbocycles. The molecule has 0 bridgehead atoms. The lowest BCUT2D eigenvalue weighted by Gasteiger charge is -2.29. The molecule has 4 rings (SSSR count). The first-order valence-corrected chi connectivity index (χ1v) is 14.1. The van der Waals surface area contributed by atoms with Crippen LogP contribution in [0.25, 0.3) is 0 Å². The lowest BCUT2D eigenvalue weighted by atomic mass is 9.88. The van der Waals surface area contributed by atoms with E-state index in [-0.39, 0.29) is 12.3 Å². The highest BCUT2D eigenvalue weighted by atomic mass is 16.6. The van der Waals surface area contributed by atoms with Crippen molar-refractivity contribution in [3.8, 4) is 0 Å². The van der Waals surface area contributed by atoms with Crippen LogP contribution in [0, 0.1) is 5.92 Å². The molecule has 218 valence electrons. The van der Waals surface area contributed by atoms with E-state index in [1.54, 1.807) is 32.9 Å². The summed E-state index contributed by atoms with van der Waals surface area (Å²) >= 11 is 0. The zero-order chi connectivity index (χ0) is 29.6. The maximum Gasteiger partial charge on any atom is 0.407 e. The minimum atomic E-state index is -1.06. The average Bonchev–Trinajstić information content (AvgIpc) is 3.23. The molecule has 1 aliphatic carbocycles. The number of nitrogens with two attached hydrogens (primary N) is 1. The molecule has 0 unspecified atom stereocenters. The van der Waals surface area contributed by atoms with E-state index < -0.39 is 41.9 Å². The number of benzene rings is 3. The molecular formula is C33H41N3O5. The Kier molecular flexibility index (Phi) is 9.68. The third kappa shape index (κ3) is 8.55. The standard InChI is InChI=1S/C33H41N3O5/c1-33(2,3)41-32(40)35-27(18-21-9-5-4-6-10-21)28(37)20-24(17-22-13-15-25(34)16-14-22)31(39)36-30-26-12-8-7-11-23(26)19-29(30)38/h4-16,24,27-30,37-38H,17-20,34H2,1-3H3,(H,35,40)(H,36,39)/t24-,27+,28+,29-,30+/m1/s1. The van der Waals surface area contributed by atoms with Gasteiger partial charge in [-0.05, 0) is 74.4 Å². The largest absolute Gasteiger partial charge is 0.444 e. The number of fused-ring (bicyclic) bond motifs is 1. The summed E-state index contributed by atoms with van der Waals surface area (Å²) in [5, 5.41) is 28.1. The molecule has 5 atom stereocenters. The second kappa shape index (κ2) is 13.2. The Balaban J connectivity index is 1.56. The molecule has 0 spiro atoms. The summed E-state index contributed by atoms with van der Waals surface area (Å²) in [4.78, 5) is 26.5. The SMILES string of the molecule is CC(C)(C)OC(=O)N[C@@H](Cc1ccccc1)[C@@H](O)C[C@@H](Cc1ccc(N)cc1)C(=O)N[C@H]1c2ccccc2C[C@H]1O. The van der Waals surface area contributed by atoms with Gasteiger partial charge >= 0.3 is 6.09 Å². The van der Waals surface area contributed by atoms with Gasteiger partial charge in [0.2, 0.25) is 5.91 Å². The van der Waals surface area contributed by atoms with Crippen molar-refractivity contribution >= 4 is 17.7 Å². The topological polar surface area (TPSA) is 134 Å². The first-order chi connectivity index (χ1) is 19.5. The van der Waals surface area contributed by atoms with Crippen LogP contribution >= 0.6 is 0 Å². The van der Waals surface area contributed by atoms with Crippen molar-refractivity contribution in [1.29, 1.82) is 0 Å². The zero-order valence-electron chi connectivity index (χ0n) is 23.9. The molecule has 8 nitrogen and oxygen atoms in total. The van der Waals surface area contributed by atoms with Gasteiger partial charge < -0.3 is 31.3 Å². The van der Waals surface area contributed by atoms with Crippen LogP contribution < -0.4 is 16.4 Å².